The van der Waals surface area contributed by atoms with Gasteiger partial charge in [-0.25, -0.2) is 0 Å². The molecule has 3 nitrogen and oxygen atoms in total. The summed E-state index contributed by atoms with van der Waals surface area (Å²) in [5.41, 5.74) is 0. The van der Waals surface area contributed by atoms with E-state index in [1.54, 1.807) is 6.07 Å². The van der Waals surface area contributed by atoms with Crippen LogP contribution in [-0.2, 0) is 19.1 Å². The molecule has 0 aromatic carbocycles. The van der Waals surface area contributed by atoms with Crippen LogP contribution in [0.3, 0.4) is 0 Å². The maximum Gasteiger partial charge on any atom is 0.132 e. The molecule has 0 fully saturated rings. The summed E-state index contributed by atoms with van der Waals surface area (Å²) >= 11 is 7.57. The SMILES string of the molecule is C=S(=O)(c1cccs1)C(Cl)CC(CC(C)=O)OC. The fourth-order valence-corrected chi connectivity index (χ4v) is 4.88. The van der Waals surface area contributed by atoms with Gasteiger partial charge < -0.3 is 4.74 Å². The van der Waals surface area contributed by atoms with Gasteiger partial charge >= 0.3 is 0 Å². The first-order chi connectivity index (χ1) is 8.37. The monoisotopic (exact) mass is 308 g/mol. The minimum atomic E-state index is -2.54. The molecule has 1 aromatic rings. The molecule has 0 amide bonds. The first kappa shape index (κ1) is 15.7. The molecule has 0 aliphatic rings. The number of carbonyl (C=O) groups is 1. The van der Waals surface area contributed by atoms with Crippen molar-refractivity contribution in [3.8, 4) is 0 Å². The van der Waals surface area contributed by atoms with Crippen LogP contribution in [0.25, 0.3) is 0 Å². The molecule has 0 aliphatic carbocycles. The second-order valence-corrected chi connectivity index (χ2v) is 8.52. The lowest BCUT2D eigenvalue weighted by molar-refractivity contribution is -0.119. The molecular weight excluding hydrogens is 292 g/mol. The maximum absolute atomic E-state index is 12.5. The Morgan fingerprint density at radius 2 is 2.33 bits per heavy atom. The third-order valence-electron chi connectivity index (χ3n) is 2.55. The molecule has 1 aromatic heterocycles. The normalized spacial score (nSPS) is 17.9. The second-order valence-electron chi connectivity index (χ2n) is 4.07. The van der Waals surface area contributed by atoms with Gasteiger partial charge in [0, 0.05) is 29.5 Å². The summed E-state index contributed by atoms with van der Waals surface area (Å²) in [5.74, 6) is 3.77. The van der Waals surface area contributed by atoms with E-state index in [-0.39, 0.29) is 18.3 Å². The van der Waals surface area contributed by atoms with Crippen molar-refractivity contribution in [3.05, 3.63) is 17.5 Å². The number of hydrogen-bond acceptors (Lipinski definition) is 4. The van der Waals surface area contributed by atoms with E-state index in [0.29, 0.717) is 10.6 Å². The van der Waals surface area contributed by atoms with Gasteiger partial charge in [0.1, 0.15) is 10.5 Å². The lowest BCUT2D eigenvalue weighted by Crippen LogP contribution is -2.24. The Morgan fingerprint density at radius 1 is 1.67 bits per heavy atom. The van der Waals surface area contributed by atoms with Gasteiger partial charge in [0.05, 0.1) is 10.3 Å². The highest BCUT2D eigenvalue weighted by atomic mass is 35.5. The molecule has 18 heavy (non-hydrogen) atoms. The highest BCUT2D eigenvalue weighted by Gasteiger charge is 2.24. The van der Waals surface area contributed by atoms with Gasteiger partial charge in [-0.15, -0.1) is 22.9 Å². The minimum absolute atomic E-state index is 0.0254. The standard InChI is InChI=1S/C12H17ClO3S2/c1-9(14)7-10(16-2)8-11(13)18(3,15)12-5-4-6-17-12/h4-6,10-11H,3,7-8H2,1-2H3. The van der Waals surface area contributed by atoms with Gasteiger partial charge in [-0.05, 0) is 24.2 Å². The highest BCUT2D eigenvalue weighted by molar-refractivity contribution is 8.03. The van der Waals surface area contributed by atoms with Crippen LogP contribution in [0.4, 0.5) is 0 Å². The van der Waals surface area contributed by atoms with Gasteiger partial charge in [0.25, 0.3) is 0 Å². The summed E-state index contributed by atoms with van der Waals surface area (Å²) < 4.78 is 17.7. The van der Waals surface area contributed by atoms with E-state index in [2.05, 4.69) is 5.87 Å². The molecule has 6 heteroatoms. The number of halogens is 1. The lowest BCUT2D eigenvalue weighted by atomic mass is 10.1. The van der Waals surface area contributed by atoms with Crippen LogP contribution in [0.5, 0.6) is 0 Å². The summed E-state index contributed by atoms with van der Waals surface area (Å²) in [4.78, 5) is 11.1. The predicted octanol–water partition coefficient (Wildman–Crippen LogP) is 2.77. The van der Waals surface area contributed by atoms with Crippen molar-refractivity contribution in [2.45, 2.75) is 34.8 Å². The Kier molecular flexibility index (Phi) is 5.85. The molecule has 0 N–H and O–H groups in total. The molecule has 0 saturated carbocycles. The quantitative estimate of drug-likeness (QED) is 0.574. The maximum atomic E-state index is 12.5. The molecule has 3 unspecified atom stereocenters. The van der Waals surface area contributed by atoms with Crippen LogP contribution in [0.2, 0.25) is 0 Å². The number of ketones is 1. The van der Waals surface area contributed by atoms with Crippen molar-refractivity contribution in [2.24, 2.45) is 0 Å². The van der Waals surface area contributed by atoms with Crippen molar-refractivity contribution in [2.75, 3.05) is 7.11 Å². The Labute approximate surface area is 117 Å². The van der Waals surface area contributed by atoms with Crippen LogP contribution in [0, 0.1) is 0 Å². The van der Waals surface area contributed by atoms with Crippen LogP contribution in [0.15, 0.2) is 21.7 Å². The first-order valence-electron chi connectivity index (χ1n) is 5.43. The molecule has 0 radical (unpaired) electrons. The second kappa shape index (κ2) is 6.70. The first-order valence-corrected chi connectivity index (χ1v) is 8.54. The molecular formula is C12H17ClO3S2. The number of hydrogen-bond donors (Lipinski definition) is 0. The number of ether oxygens (including phenoxy) is 1. The number of alkyl halides is 1. The van der Waals surface area contributed by atoms with Crippen molar-refractivity contribution >= 4 is 44.1 Å². The van der Waals surface area contributed by atoms with Crippen LogP contribution < -0.4 is 0 Å². The largest absolute Gasteiger partial charge is 0.381 e. The van der Waals surface area contributed by atoms with Crippen molar-refractivity contribution in [3.63, 3.8) is 0 Å². The van der Waals surface area contributed by atoms with Crippen LogP contribution in [-0.4, -0.2) is 33.8 Å². The van der Waals surface area contributed by atoms with Gasteiger partial charge in [-0.1, -0.05) is 6.07 Å². The number of methoxy groups -OCH3 is 1. The molecule has 0 aliphatic heterocycles. The van der Waals surface area contributed by atoms with Gasteiger partial charge in [-0.2, -0.15) is 0 Å². The Morgan fingerprint density at radius 3 is 2.78 bits per heavy atom. The van der Waals surface area contributed by atoms with E-state index in [0.717, 1.165) is 0 Å². The van der Waals surface area contributed by atoms with E-state index in [4.69, 9.17) is 16.3 Å². The van der Waals surface area contributed by atoms with Gasteiger partial charge in [0.15, 0.2) is 0 Å². The molecule has 0 spiro atoms. The van der Waals surface area contributed by atoms with Gasteiger partial charge in [-0.3, -0.25) is 9.00 Å². The van der Waals surface area contributed by atoms with E-state index in [1.807, 2.05) is 11.4 Å². The summed E-state index contributed by atoms with van der Waals surface area (Å²) in [5, 5.41) is 1.84. The summed E-state index contributed by atoms with van der Waals surface area (Å²) in [6.07, 6.45) is 0.310. The van der Waals surface area contributed by atoms with E-state index >= 15 is 0 Å². The molecule has 3 atom stereocenters. The van der Waals surface area contributed by atoms with E-state index < -0.39 is 14.2 Å². The fraction of sp³-hybridized carbons (Fsp3) is 0.500. The average molecular weight is 309 g/mol. The molecule has 102 valence electrons. The molecule has 0 bridgehead atoms. The topological polar surface area (TPSA) is 43.4 Å². The van der Waals surface area contributed by atoms with E-state index in [1.165, 1.54) is 25.4 Å². The number of Topliss-reactive ketones (excluding diaryl/α,β-unsaturated/α-hetero) is 1. The van der Waals surface area contributed by atoms with Crippen molar-refractivity contribution < 1.29 is 13.7 Å². The Hall–Kier alpha value is -0.360. The lowest BCUT2D eigenvalue weighted by Gasteiger charge is -2.19. The predicted molar refractivity (Wildman–Crippen MR) is 78.2 cm³/mol. The summed E-state index contributed by atoms with van der Waals surface area (Å²) in [7, 11) is -1.02. The summed E-state index contributed by atoms with van der Waals surface area (Å²) in [6, 6.07) is 3.58. The molecule has 0 saturated heterocycles. The highest BCUT2D eigenvalue weighted by Crippen LogP contribution is 2.27. The number of rotatable bonds is 7. The third kappa shape index (κ3) is 4.09. The smallest absolute Gasteiger partial charge is 0.132 e. The van der Waals surface area contributed by atoms with Crippen molar-refractivity contribution in [1.29, 1.82) is 0 Å². The van der Waals surface area contributed by atoms with Crippen molar-refractivity contribution in [1.82, 2.24) is 0 Å². The average Bonchev–Trinajstić information content (AvgIpc) is 2.81. The zero-order chi connectivity index (χ0) is 13.8. The van der Waals surface area contributed by atoms with Gasteiger partial charge in [0.2, 0.25) is 0 Å². The zero-order valence-corrected chi connectivity index (χ0v) is 12.8. The molecule has 1 rings (SSSR count). The Bertz CT molecular complexity index is 479. The summed E-state index contributed by atoms with van der Waals surface area (Å²) in [6.45, 7) is 1.50. The van der Waals surface area contributed by atoms with E-state index in [9.17, 15) is 9.00 Å². The Balaban J connectivity index is 2.75. The third-order valence-corrected chi connectivity index (χ3v) is 7.22. The number of carbonyl (C=O) groups excluding carboxylic acids is 1. The van der Waals surface area contributed by atoms with Crippen LogP contribution >= 0.6 is 22.9 Å². The molecule has 1 heterocycles. The van der Waals surface area contributed by atoms with Crippen LogP contribution in [0.1, 0.15) is 19.8 Å². The minimum Gasteiger partial charge on any atom is -0.381 e. The zero-order valence-electron chi connectivity index (χ0n) is 10.4. The number of thiophene rings is 1. The fourth-order valence-electron chi connectivity index (χ4n) is 1.53.